The van der Waals surface area contributed by atoms with Crippen LogP contribution in [0.1, 0.15) is 30.5 Å². The highest BCUT2D eigenvalue weighted by atomic mass is 35.5. The van der Waals surface area contributed by atoms with Crippen LogP contribution in [0.3, 0.4) is 0 Å². The van der Waals surface area contributed by atoms with E-state index < -0.39 is 0 Å². The van der Waals surface area contributed by atoms with Crippen LogP contribution in [0.25, 0.3) is 0 Å². The van der Waals surface area contributed by atoms with E-state index in [1.165, 1.54) is 15.8 Å². The molecule has 4 heteroatoms. The number of thiophene rings is 1. The Hall–Kier alpha value is -1.06. The Morgan fingerprint density at radius 2 is 1.95 bits per heavy atom. The van der Waals surface area contributed by atoms with Gasteiger partial charge in [-0.3, -0.25) is 0 Å². The van der Waals surface area contributed by atoms with Crippen molar-refractivity contribution in [1.29, 1.82) is 0 Å². The molecule has 1 aromatic heterocycles. The van der Waals surface area contributed by atoms with Gasteiger partial charge in [0.05, 0.1) is 10.7 Å². The van der Waals surface area contributed by atoms with Crippen LogP contribution in [-0.4, -0.2) is 0 Å². The first-order valence-corrected chi connectivity index (χ1v) is 7.34. The van der Waals surface area contributed by atoms with Gasteiger partial charge in [0, 0.05) is 16.3 Å². The molecule has 0 saturated heterocycles. The normalized spacial score (nSPS) is 11.6. The summed E-state index contributed by atoms with van der Waals surface area (Å²) in [6.45, 7) is 7.14. The standard InChI is InChI=1S/C15H17ClFNS/c1-15(2,3)13-8-7-10(19-13)9-18-14-11(16)5-4-6-12(14)17/h4-8,18H,9H2,1-3H3. The number of hydrogen-bond donors (Lipinski definition) is 1. The second-order valence-corrected chi connectivity index (χ2v) is 7.04. The lowest BCUT2D eigenvalue weighted by Gasteiger charge is -2.15. The van der Waals surface area contributed by atoms with Gasteiger partial charge in [0.2, 0.25) is 0 Å². The molecule has 0 aliphatic heterocycles. The van der Waals surface area contributed by atoms with Crippen molar-refractivity contribution >= 4 is 28.6 Å². The van der Waals surface area contributed by atoms with Gasteiger partial charge >= 0.3 is 0 Å². The van der Waals surface area contributed by atoms with E-state index in [0.717, 1.165) is 0 Å². The monoisotopic (exact) mass is 297 g/mol. The summed E-state index contributed by atoms with van der Waals surface area (Å²) in [5.74, 6) is -0.319. The van der Waals surface area contributed by atoms with E-state index in [-0.39, 0.29) is 11.2 Å². The minimum Gasteiger partial charge on any atom is -0.377 e. The fraction of sp³-hybridized carbons (Fsp3) is 0.333. The summed E-state index contributed by atoms with van der Waals surface area (Å²) in [4.78, 5) is 2.49. The molecular formula is C15H17ClFNS. The summed E-state index contributed by atoms with van der Waals surface area (Å²) >= 11 is 7.72. The van der Waals surface area contributed by atoms with E-state index in [1.54, 1.807) is 23.5 Å². The average molecular weight is 298 g/mol. The lowest BCUT2D eigenvalue weighted by Crippen LogP contribution is -2.07. The Labute approximate surface area is 122 Å². The van der Waals surface area contributed by atoms with Gasteiger partial charge < -0.3 is 5.32 Å². The first-order chi connectivity index (χ1) is 8.88. The van der Waals surface area contributed by atoms with Gasteiger partial charge in [0.25, 0.3) is 0 Å². The molecule has 0 bridgehead atoms. The molecule has 0 fully saturated rings. The van der Waals surface area contributed by atoms with E-state index in [1.807, 2.05) is 0 Å². The molecule has 0 atom stereocenters. The molecule has 0 saturated carbocycles. The molecule has 0 amide bonds. The minimum atomic E-state index is -0.319. The van der Waals surface area contributed by atoms with Gasteiger partial charge in [0.15, 0.2) is 0 Å². The average Bonchev–Trinajstić information content (AvgIpc) is 2.77. The maximum absolute atomic E-state index is 13.6. The van der Waals surface area contributed by atoms with Gasteiger partial charge in [-0.25, -0.2) is 4.39 Å². The van der Waals surface area contributed by atoms with Gasteiger partial charge in [-0.2, -0.15) is 0 Å². The Morgan fingerprint density at radius 3 is 2.53 bits per heavy atom. The third-order valence-electron chi connectivity index (χ3n) is 2.80. The molecule has 0 unspecified atom stereocenters. The maximum atomic E-state index is 13.6. The predicted molar refractivity (Wildman–Crippen MR) is 81.8 cm³/mol. The van der Waals surface area contributed by atoms with Crippen LogP contribution in [0.15, 0.2) is 30.3 Å². The van der Waals surface area contributed by atoms with Crippen LogP contribution in [0.5, 0.6) is 0 Å². The highest BCUT2D eigenvalue weighted by Gasteiger charge is 2.16. The van der Waals surface area contributed by atoms with Crippen LogP contribution < -0.4 is 5.32 Å². The fourth-order valence-electron chi connectivity index (χ4n) is 1.72. The number of anilines is 1. The highest BCUT2D eigenvalue weighted by Crippen LogP contribution is 2.31. The SMILES string of the molecule is CC(C)(C)c1ccc(CNc2c(F)cccc2Cl)s1. The topological polar surface area (TPSA) is 12.0 Å². The molecule has 102 valence electrons. The van der Waals surface area contributed by atoms with Gasteiger partial charge in [-0.1, -0.05) is 38.4 Å². The van der Waals surface area contributed by atoms with Crippen LogP contribution >= 0.6 is 22.9 Å². The van der Waals surface area contributed by atoms with Crippen LogP contribution in [0, 0.1) is 5.82 Å². The molecule has 1 heterocycles. The lowest BCUT2D eigenvalue weighted by molar-refractivity contribution is 0.604. The Morgan fingerprint density at radius 1 is 1.21 bits per heavy atom. The zero-order chi connectivity index (χ0) is 14.0. The molecule has 1 nitrogen and oxygen atoms in total. The van der Waals surface area contributed by atoms with Gasteiger partial charge in [-0.15, -0.1) is 11.3 Å². The molecule has 1 N–H and O–H groups in total. The summed E-state index contributed by atoms with van der Waals surface area (Å²) in [6.07, 6.45) is 0. The van der Waals surface area contributed by atoms with E-state index in [9.17, 15) is 4.39 Å². The Bertz CT molecular complexity index is 552. The van der Waals surface area contributed by atoms with E-state index in [0.29, 0.717) is 17.3 Å². The molecule has 19 heavy (non-hydrogen) atoms. The number of halogens is 2. The molecule has 0 aliphatic carbocycles. The Balaban J connectivity index is 2.09. The lowest BCUT2D eigenvalue weighted by atomic mass is 9.95. The van der Waals surface area contributed by atoms with Gasteiger partial charge in [-0.05, 0) is 29.7 Å². The quantitative estimate of drug-likeness (QED) is 0.794. The summed E-state index contributed by atoms with van der Waals surface area (Å²) in [7, 11) is 0. The fourth-order valence-corrected chi connectivity index (χ4v) is 2.95. The highest BCUT2D eigenvalue weighted by molar-refractivity contribution is 7.12. The van der Waals surface area contributed by atoms with E-state index >= 15 is 0 Å². The zero-order valence-corrected chi connectivity index (χ0v) is 12.8. The molecule has 0 aliphatic rings. The van der Waals surface area contributed by atoms with Gasteiger partial charge in [0.1, 0.15) is 5.82 Å². The molecule has 2 aromatic rings. The van der Waals surface area contributed by atoms with Crippen molar-refractivity contribution in [1.82, 2.24) is 0 Å². The molecule has 0 radical (unpaired) electrons. The van der Waals surface area contributed by atoms with Crippen LogP contribution in [0.4, 0.5) is 10.1 Å². The first-order valence-electron chi connectivity index (χ1n) is 6.15. The number of hydrogen-bond acceptors (Lipinski definition) is 2. The number of para-hydroxylation sites is 1. The minimum absolute atomic E-state index is 0.151. The molecule has 2 rings (SSSR count). The van der Waals surface area contributed by atoms with E-state index in [4.69, 9.17) is 11.6 Å². The number of nitrogens with one attached hydrogen (secondary N) is 1. The van der Waals surface area contributed by atoms with Crippen LogP contribution in [0.2, 0.25) is 5.02 Å². The number of benzene rings is 1. The van der Waals surface area contributed by atoms with Crippen molar-refractivity contribution in [3.8, 4) is 0 Å². The summed E-state index contributed by atoms with van der Waals surface area (Å²) in [6, 6.07) is 8.90. The van der Waals surface area contributed by atoms with Crippen molar-refractivity contribution in [3.05, 3.63) is 50.9 Å². The second-order valence-electron chi connectivity index (χ2n) is 5.47. The predicted octanol–water partition coefficient (Wildman–Crippen LogP) is 5.45. The first kappa shape index (κ1) is 14.4. The van der Waals surface area contributed by atoms with Crippen molar-refractivity contribution in [2.75, 3.05) is 5.32 Å². The summed E-state index contributed by atoms with van der Waals surface area (Å²) in [5.41, 5.74) is 0.522. The van der Waals surface area contributed by atoms with Crippen molar-refractivity contribution in [2.24, 2.45) is 0 Å². The third-order valence-corrected chi connectivity index (χ3v) is 4.63. The molecular weight excluding hydrogens is 281 g/mol. The second kappa shape index (κ2) is 5.51. The van der Waals surface area contributed by atoms with Crippen LogP contribution in [-0.2, 0) is 12.0 Å². The van der Waals surface area contributed by atoms with Crippen molar-refractivity contribution in [3.63, 3.8) is 0 Å². The van der Waals surface area contributed by atoms with Crippen molar-refractivity contribution in [2.45, 2.75) is 32.7 Å². The number of rotatable bonds is 3. The third kappa shape index (κ3) is 3.48. The maximum Gasteiger partial charge on any atom is 0.147 e. The van der Waals surface area contributed by atoms with Crippen molar-refractivity contribution < 1.29 is 4.39 Å². The van der Waals surface area contributed by atoms with E-state index in [2.05, 4.69) is 38.2 Å². The molecule has 1 aromatic carbocycles. The smallest absolute Gasteiger partial charge is 0.147 e. The zero-order valence-electron chi connectivity index (χ0n) is 11.3. The summed E-state index contributed by atoms with van der Waals surface area (Å²) in [5, 5.41) is 3.48. The largest absolute Gasteiger partial charge is 0.377 e. The summed E-state index contributed by atoms with van der Waals surface area (Å²) < 4.78 is 13.6. The molecule has 0 spiro atoms. The Kier molecular flexibility index (Phi) is 4.16.